The molecule has 4 rings (SSSR count). The molecule has 0 saturated carbocycles. The maximum atomic E-state index is 11.1. The van der Waals surface area contributed by atoms with Gasteiger partial charge in [0.25, 0.3) is 5.01 Å². The Morgan fingerprint density at radius 1 is 0.929 bits per heavy atom. The van der Waals surface area contributed by atoms with Crippen LogP contribution in [0.2, 0.25) is 10.0 Å². The number of halogens is 2. The van der Waals surface area contributed by atoms with Gasteiger partial charge in [0, 0.05) is 45.5 Å². The number of aromatic nitrogens is 1. The van der Waals surface area contributed by atoms with Gasteiger partial charge in [-0.1, -0.05) is 67.1 Å². The second kappa shape index (κ2) is 15.5. The third-order valence-corrected chi connectivity index (χ3v) is 10.8. The number of benzene rings is 2. The number of hydrogen-bond donors (Lipinski definition) is 0. The van der Waals surface area contributed by atoms with E-state index in [1.165, 1.54) is 42.7 Å². The standard InChI is InChI=1S/C21H20Cl2N2O6S4.C6H15N/c22-14-3-5-18-16(11-14)24(7-1-9-34(26,27)28)20(32-18)13-21-25(8-2-10-35(29,30)31)17-12-15(23)4-6-19(17)33-21;1-4-7(5-2)6-3/h3-6,11-13H,1-2,7-10H2,(H-,26,27,28,29,30,31);4-6H2,1-3H3. The van der Waals surface area contributed by atoms with E-state index >= 15 is 0 Å². The Labute approximate surface area is 268 Å². The Balaban J connectivity index is 0.000000721. The fraction of sp³-hybridized carbons (Fsp3) is 0.444. The van der Waals surface area contributed by atoms with Gasteiger partial charge in [0.1, 0.15) is 4.70 Å². The number of aryl methyl sites for hydroxylation is 1. The van der Waals surface area contributed by atoms with E-state index in [4.69, 9.17) is 23.2 Å². The van der Waals surface area contributed by atoms with Crippen LogP contribution in [-0.2, 0) is 26.8 Å². The number of rotatable bonds is 12. The van der Waals surface area contributed by atoms with Gasteiger partial charge in [-0.2, -0.15) is 4.57 Å². The average Bonchev–Trinajstić information content (AvgIpc) is 3.41. The van der Waals surface area contributed by atoms with Crippen molar-refractivity contribution in [3.8, 4) is 0 Å². The Hall–Kier alpha value is -1.42. The normalized spacial score (nSPS) is 14.5. The summed E-state index contributed by atoms with van der Waals surface area (Å²) in [4.78, 5) is 5.22. The minimum Gasteiger partial charge on any atom is -0.748 e. The molecular weight excluding hydrogens is 661 g/mol. The molecule has 9 nitrogen and oxygen atoms in total. The lowest BCUT2D eigenvalue weighted by molar-refractivity contribution is -0.668. The van der Waals surface area contributed by atoms with Gasteiger partial charge in [-0.3, -0.25) is 0 Å². The zero-order valence-corrected chi connectivity index (χ0v) is 28.4. The molecule has 3 aromatic rings. The van der Waals surface area contributed by atoms with Crippen molar-refractivity contribution in [2.45, 2.75) is 45.1 Å². The predicted molar refractivity (Wildman–Crippen MR) is 173 cm³/mol. The van der Waals surface area contributed by atoms with Crippen LogP contribution in [-0.4, -0.2) is 68.5 Å². The van der Waals surface area contributed by atoms with E-state index < -0.39 is 31.7 Å². The molecule has 0 radical (unpaired) electrons. The van der Waals surface area contributed by atoms with Crippen LogP contribution < -0.4 is 9.47 Å². The summed E-state index contributed by atoms with van der Waals surface area (Å²) < 4.78 is 69.6. The van der Waals surface area contributed by atoms with Crippen molar-refractivity contribution in [3.63, 3.8) is 0 Å². The van der Waals surface area contributed by atoms with E-state index in [1.807, 2.05) is 27.7 Å². The summed E-state index contributed by atoms with van der Waals surface area (Å²) in [6.07, 6.45) is 2.20. The zero-order valence-electron chi connectivity index (χ0n) is 24.6. The summed E-state index contributed by atoms with van der Waals surface area (Å²) >= 11 is 15.4. The fourth-order valence-corrected chi connectivity index (χ4v) is 7.98. The van der Waals surface area contributed by atoms with Crippen molar-refractivity contribution in [3.05, 3.63) is 56.5 Å². The lowest BCUT2D eigenvalue weighted by Crippen LogP contribution is -2.36. The van der Waals surface area contributed by atoms with Crippen LogP contribution in [0, 0.1) is 0 Å². The van der Waals surface area contributed by atoms with Gasteiger partial charge < -0.3 is 18.9 Å². The van der Waals surface area contributed by atoms with Gasteiger partial charge >= 0.3 is 1.43 Å². The third kappa shape index (κ3) is 10.3. The second-order valence-electron chi connectivity index (χ2n) is 9.40. The minimum absolute atomic E-state index is 0. The summed E-state index contributed by atoms with van der Waals surface area (Å²) in [6.45, 7) is 10.7. The maximum Gasteiger partial charge on any atom is 1.00 e. The molecular formula is C27H35Cl2N3O6S4. The molecule has 0 spiro atoms. The molecule has 0 fully saturated rings. The lowest BCUT2D eigenvalue weighted by Gasteiger charge is -2.20. The molecule has 42 heavy (non-hydrogen) atoms. The highest BCUT2D eigenvalue weighted by Crippen LogP contribution is 2.48. The number of thiazole rings is 1. The minimum atomic E-state index is -4.35. The molecule has 232 valence electrons. The molecule has 2 aromatic carbocycles. The SMILES string of the molecule is CCN(CC)CC.O=S(=O)([O-])CCCN1C(=Cc2sc3ccc(Cl)cc3[n+]2CCCS(=O)(=O)[O-])Sc2ccc(Cl)cc21.[H+]. The van der Waals surface area contributed by atoms with Crippen molar-refractivity contribution < 1.29 is 31.9 Å². The average molecular weight is 697 g/mol. The Kier molecular flexibility index (Phi) is 13.0. The first kappa shape index (κ1) is 35.1. The monoisotopic (exact) mass is 695 g/mol. The molecule has 0 atom stereocenters. The lowest BCUT2D eigenvalue weighted by atomic mass is 10.2. The maximum absolute atomic E-state index is 11.1. The van der Waals surface area contributed by atoms with Crippen LogP contribution in [0.5, 0.6) is 0 Å². The van der Waals surface area contributed by atoms with Gasteiger partial charge in [-0.05, 0) is 56.4 Å². The first-order valence-electron chi connectivity index (χ1n) is 13.4. The van der Waals surface area contributed by atoms with Crippen molar-refractivity contribution in [2.75, 3.05) is 42.6 Å². The molecule has 1 aliphatic rings. The van der Waals surface area contributed by atoms with E-state index in [0.29, 0.717) is 23.1 Å². The van der Waals surface area contributed by atoms with Crippen molar-refractivity contribution in [1.82, 2.24) is 4.90 Å². The highest BCUT2D eigenvalue weighted by molar-refractivity contribution is 8.04. The van der Waals surface area contributed by atoms with Gasteiger partial charge in [-0.25, -0.2) is 16.8 Å². The molecule has 0 saturated heterocycles. The third-order valence-electron chi connectivity index (χ3n) is 6.53. The first-order chi connectivity index (χ1) is 19.7. The molecule has 2 heterocycles. The summed E-state index contributed by atoms with van der Waals surface area (Å²) in [5.41, 5.74) is 1.62. The zero-order chi connectivity index (χ0) is 31.1. The molecule has 0 amide bonds. The van der Waals surface area contributed by atoms with Gasteiger partial charge in [0.05, 0.1) is 37.0 Å². The van der Waals surface area contributed by atoms with Gasteiger partial charge in [-0.15, -0.1) is 0 Å². The topological polar surface area (TPSA) is 125 Å². The number of nitrogens with zero attached hydrogens (tertiary/aromatic N) is 3. The molecule has 0 aliphatic carbocycles. The van der Waals surface area contributed by atoms with Crippen LogP contribution in [0.4, 0.5) is 5.69 Å². The van der Waals surface area contributed by atoms with Crippen molar-refractivity contribution in [1.29, 1.82) is 0 Å². The first-order valence-corrected chi connectivity index (χ1v) is 19.0. The Bertz CT molecular complexity index is 1630. The molecule has 0 unspecified atom stereocenters. The number of anilines is 1. The van der Waals surface area contributed by atoms with E-state index in [2.05, 4.69) is 25.7 Å². The number of fused-ring (bicyclic) bond motifs is 2. The highest BCUT2D eigenvalue weighted by atomic mass is 35.5. The van der Waals surface area contributed by atoms with Crippen molar-refractivity contribution >= 4 is 88.5 Å². The van der Waals surface area contributed by atoms with Crippen LogP contribution in [0.3, 0.4) is 0 Å². The largest absolute Gasteiger partial charge is 1.00 e. The smallest absolute Gasteiger partial charge is 0.748 e. The van der Waals surface area contributed by atoms with Crippen LogP contribution >= 0.6 is 46.3 Å². The summed E-state index contributed by atoms with van der Waals surface area (Å²) in [5.74, 6) is -0.967. The molecule has 0 bridgehead atoms. The quantitative estimate of drug-likeness (QED) is 0.172. The second-order valence-corrected chi connectivity index (χ2v) is 15.4. The molecule has 1 aromatic heterocycles. The summed E-state index contributed by atoms with van der Waals surface area (Å²) in [5, 5.41) is 2.65. The molecule has 0 N–H and O–H groups in total. The van der Waals surface area contributed by atoms with Crippen molar-refractivity contribution in [2.24, 2.45) is 0 Å². The van der Waals surface area contributed by atoms with E-state index in [1.54, 1.807) is 24.3 Å². The number of thioether (sulfide) groups is 1. The van der Waals surface area contributed by atoms with Crippen LogP contribution in [0.25, 0.3) is 16.3 Å². The van der Waals surface area contributed by atoms with E-state index in [9.17, 15) is 25.9 Å². The fourth-order valence-electron chi connectivity index (χ4n) is 4.40. The summed E-state index contributed by atoms with van der Waals surface area (Å²) in [6, 6.07) is 10.8. The molecule has 1 aliphatic heterocycles. The molecule has 15 heteroatoms. The Morgan fingerprint density at radius 3 is 2.12 bits per heavy atom. The van der Waals surface area contributed by atoms with E-state index in [-0.39, 0.29) is 14.3 Å². The predicted octanol–water partition coefficient (Wildman–Crippen LogP) is 5.74. The van der Waals surface area contributed by atoms with Crippen LogP contribution in [0.15, 0.2) is 46.3 Å². The number of hydrogen-bond acceptors (Lipinski definition) is 10. The van der Waals surface area contributed by atoms with Gasteiger partial charge in [0.15, 0.2) is 6.54 Å². The summed E-state index contributed by atoms with van der Waals surface area (Å²) in [7, 11) is -8.69. The Morgan fingerprint density at radius 2 is 1.52 bits per heavy atom. The van der Waals surface area contributed by atoms with Gasteiger partial charge in [0.2, 0.25) is 5.52 Å². The van der Waals surface area contributed by atoms with Crippen LogP contribution in [0.1, 0.15) is 40.0 Å². The van der Waals surface area contributed by atoms with E-state index in [0.717, 1.165) is 30.8 Å². The highest BCUT2D eigenvalue weighted by Gasteiger charge is 2.28.